The van der Waals surface area contributed by atoms with Crippen LogP contribution in [0.15, 0.2) is 0 Å². The Morgan fingerprint density at radius 1 is 1.00 bits per heavy atom. The van der Waals surface area contributed by atoms with Crippen LogP contribution in [0.1, 0.15) is 19.3 Å². The summed E-state index contributed by atoms with van der Waals surface area (Å²) in [5.74, 6) is 0. The molecule has 0 aromatic heterocycles. The maximum Gasteiger partial charge on any atom is 0.0780 e. The summed E-state index contributed by atoms with van der Waals surface area (Å²) in [6.45, 7) is 1.32. The molecular weight excluding hydrogens is 364 g/mol. The van der Waals surface area contributed by atoms with Gasteiger partial charge in [0.1, 0.15) is 0 Å². The lowest BCUT2D eigenvalue weighted by Crippen LogP contribution is -3.00. The van der Waals surface area contributed by atoms with Crippen LogP contribution in [0.3, 0.4) is 0 Å². The Morgan fingerprint density at radius 3 is 1.91 bits per heavy atom. The number of quaternary nitrogens is 1. The number of hydrogen-bond acceptors (Lipinski definition) is 0. The van der Waals surface area contributed by atoms with Gasteiger partial charge in [-0.15, -0.1) is 0 Å². The van der Waals surface area contributed by atoms with Crippen LogP contribution in [0.5, 0.6) is 0 Å². The predicted molar refractivity (Wildman–Crippen MR) is 55.6 cm³/mol. The molecule has 0 atom stereocenters. The van der Waals surface area contributed by atoms with Crippen LogP contribution in [-0.2, 0) is 0 Å². The molecule has 0 saturated carbocycles. The molecule has 11 heavy (non-hydrogen) atoms. The Hall–Kier alpha value is 1.42. The Labute approximate surface area is 102 Å². The van der Waals surface area contributed by atoms with Gasteiger partial charge in [0.05, 0.1) is 27.7 Å². The third-order valence-electron chi connectivity index (χ3n) is 1.46. The first kappa shape index (κ1) is 14.9. The van der Waals surface area contributed by atoms with E-state index in [0.29, 0.717) is 0 Å². The van der Waals surface area contributed by atoms with Gasteiger partial charge in [0.2, 0.25) is 0 Å². The van der Waals surface area contributed by atoms with Gasteiger partial charge < -0.3 is 28.5 Å². The number of rotatable bonds is 5. The predicted octanol–water partition coefficient (Wildman–Crippen LogP) is -0.698. The summed E-state index contributed by atoms with van der Waals surface area (Å²) in [6.07, 6.45) is 4.17. The third kappa shape index (κ3) is 14.3. The fourth-order valence-electron chi connectivity index (χ4n) is 0.857. The lowest BCUT2D eigenvalue weighted by molar-refractivity contribution is -0.870. The molecule has 1 nitrogen and oxygen atoms in total. The quantitative estimate of drug-likeness (QED) is 0.255. The van der Waals surface area contributed by atoms with Crippen molar-refractivity contribution in [3.05, 3.63) is 0 Å². The normalized spacial score (nSPS) is 10.9. The van der Waals surface area contributed by atoms with Crippen molar-refractivity contribution in [2.75, 3.05) is 32.1 Å². The van der Waals surface area contributed by atoms with Gasteiger partial charge in [-0.3, -0.25) is 0 Å². The maximum atomic E-state index is 2.44. The molecule has 3 heteroatoms. The second-order valence-corrected chi connectivity index (χ2v) is 4.84. The maximum absolute atomic E-state index is 2.44. The summed E-state index contributed by atoms with van der Waals surface area (Å²) >= 11 is 2.44. The zero-order valence-electron chi connectivity index (χ0n) is 7.74. The van der Waals surface area contributed by atoms with E-state index < -0.39 is 0 Å². The summed E-state index contributed by atoms with van der Waals surface area (Å²) in [5, 5.41) is 0. The molecule has 0 aromatic carbocycles. The molecule has 0 aliphatic carbocycles. The number of alkyl halides is 1. The lowest BCUT2D eigenvalue weighted by Gasteiger charge is -2.23. The topological polar surface area (TPSA) is 0 Å². The zero-order valence-corrected chi connectivity index (χ0v) is 12.1. The van der Waals surface area contributed by atoms with E-state index in [2.05, 4.69) is 43.7 Å². The van der Waals surface area contributed by atoms with Crippen LogP contribution in [0.2, 0.25) is 0 Å². The molecule has 0 unspecified atom stereocenters. The smallest absolute Gasteiger partial charge is 0.0780 e. The summed E-state index contributed by atoms with van der Waals surface area (Å²) < 4.78 is 2.43. The molecule has 0 aromatic rings. The molecular formula is C8H19I2N. The van der Waals surface area contributed by atoms with Crippen LogP contribution < -0.4 is 24.0 Å². The van der Waals surface area contributed by atoms with Crippen LogP contribution >= 0.6 is 22.6 Å². The fraction of sp³-hybridized carbons (Fsp3) is 1.00. The molecule has 0 fully saturated rings. The second-order valence-electron chi connectivity index (χ2n) is 3.76. The first-order chi connectivity index (χ1) is 4.56. The van der Waals surface area contributed by atoms with Crippen molar-refractivity contribution in [3.63, 3.8) is 0 Å². The Kier molecular flexibility index (Phi) is 10.9. The van der Waals surface area contributed by atoms with E-state index >= 15 is 0 Å². The van der Waals surface area contributed by atoms with Gasteiger partial charge in [0.25, 0.3) is 0 Å². The van der Waals surface area contributed by atoms with Crippen LogP contribution in [0.4, 0.5) is 0 Å². The minimum Gasteiger partial charge on any atom is -1.00 e. The standard InChI is InChI=1S/C8H19IN.HI/c1-10(2,3)8-6-4-5-7-9;/h4-8H2,1-3H3;1H/q+1;/p-1. The highest BCUT2D eigenvalue weighted by molar-refractivity contribution is 14.1. The molecule has 0 rings (SSSR count). The SMILES string of the molecule is C[N+](C)(C)CCCCCI.[I-]. The highest BCUT2D eigenvalue weighted by Gasteiger charge is 2.04. The van der Waals surface area contributed by atoms with Crippen LogP contribution in [-0.4, -0.2) is 36.6 Å². The van der Waals surface area contributed by atoms with E-state index in [1.54, 1.807) is 0 Å². The minimum atomic E-state index is 0. The third-order valence-corrected chi connectivity index (χ3v) is 2.23. The van der Waals surface area contributed by atoms with Gasteiger partial charge in [-0.05, 0) is 23.7 Å². The molecule has 0 amide bonds. The Bertz CT molecular complexity index is 78.7. The van der Waals surface area contributed by atoms with E-state index in [9.17, 15) is 0 Å². The molecule has 0 aliphatic heterocycles. The van der Waals surface area contributed by atoms with Crippen molar-refractivity contribution in [2.24, 2.45) is 0 Å². The van der Waals surface area contributed by atoms with Crippen LogP contribution in [0, 0.1) is 0 Å². The highest BCUT2D eigenvalue weighted by Crippen LogP contribution is 2.02. The molecule has 0 aliphatic rings. The molecule has 0 radical (unpaired) electrons. The highest BCUT2D eigenvalue weighted by atomic mass is 127. The number of unbranched alkanes of at least 4 members (excludes halogenated alkanes) is 2. The average molecular weight is 383 g/mol. The molecule has 0 spiro atoms. The summed E-state index contributed by atoms with van der Waals surface area (Å²) in [4.78, 5) is 0. The fourth-order valence-corrected chi connectivity index (χ4v) is 1.40. The average Bonchev–Trinajstić information content (AvgIpc) is 1.78. The van der Waals surface area contributed by atoms with Crippen molar-refractivity contribution >= 4 is 22.6 Å². The summed E-state index contributed by atoms with van der Waals surface area (Å²) in [5.41, 5.74) is 0. The van der Waals surface area contributed by atoms with E-state index in [1.807, 2.05) is 0 Å². The molecule has 0 saturated heterocycles. The van der Waals surface area contributed by atoms with Crippen LogP contribution in [0.25, 0.3) is 0 Å². The molecule has 0 N–H and O–H groups in total. The van der Waals surface area contributed by atoms with Gasteiger partial charge in [-0.2, -0.15) is 0 Å². The zero-order chi connectivity index (χ0) is 8.04. The Morgan fingerprint density at radius 2 is 1.55 bits per heavy atom. The van der Waals surface area contributed by atoms with Crippen molar-refractivity contribution < 1.29 is 28.5 Å². The number of hydrogen-bond donors (Lipinski definition) is 0. The molecule has 70 valence electrons. The lowest BCUT2D eigenvalue weighted by atomic mass is 10.2. The van der Waals surface area contributed by atoms with Crippen molar-refractivity contribution in [2.45, 2.75) is 19.3 Å². The number of halogens is 2. The van der Waals surface area contributed by atoms with Crippen molar-refractivity contribution in [1.29, 1.82) is 0 Å². The van der Waals surface area contributed by atoms with Gasteiger partial charge in [0, 0.05) is 0 Å². The first-order valence-electron chi connectivity index (χ1n) is 3.93. The van der Waals surface area contributed by atoms with Gasteiger partial charge in [0.15, 0.2) is 0 Å². The van der Waals surface area contributed by atoms with Gasteiger partial charge in [-0.1, -0.05) is 22.6 Å². The van der Waals surface area contributed by atoms with E-state index in [1.165, 1.54) is 30.2 Å². The molecule has 0 bridgehead atoms. The second kappa shape index (κ2) is 8.04. The van der Waals surface area contributed by atoms with Crippen molar-refractivity contribution in [1.82, 2.24) is 0 Å². The molecule has 0 heterocycles. The van der Waals surface area contributed by atoms with Crippen molar-refractivity contribution in [3.8, 4) is 0 Å². The minimum absolute atomic E-state index is 0. The van der Waals surface area contributed by atoms with Gasteiger partial charge >= 0.3 is 0 Å². The van der Waals surface area contributed by atoms with E-state index in [0.717, 1.165) is 4.48 Å². The van der Waals surface area contributed by atoms with E-state index in [4.69, 9.17) is 0 Å². The Balaban J connectivity index is 0. The number of nitrogens with zero attached hydrogens (tertiary/aromatic N) is 1. The monoisotopic (exact) mass is 383 g/mol. The first-order valence-corrected chi connectivity index (χ1v) is 5.45. The van der Waals surface area contributed by atoms with E-state index in [-0.39, 0.29) is 24.0 Å². The largest absolute Gasteiger partial charge is 1.00 e. The summed E-state index contributed by atoms with van der Waals surface area (Å²) in [7, 11) is 6.76. The summed E-state index contributed by atoms with van der Waals surface area (Å²) in [6, 6.07) is 0. The van der Waals surface area contributed by atoms with Gasteiger partial charge in [-0.25, -0.2) is 0 Å².